The Morgan fingerprint density at radius 1 is 1.32 bits per heavy atom. The Kier molecular flexibility index (Phi) is 7.84. The average molecular weight is 584 g/mol. The quantitative estimate of drug-likeness (QED) is 0.171. The number of thiazole rings is 1. The van der Waals surface area contributed by atoms with Gasteiger partial charge in [-0.15, -0.1) is 0 Å². The molecule has 11 heteroatoms. The zero-order valence-corrected chi connectivity index (χ0v) is 22.4. The van der Waals surface area contributed by atoms with Gasteiger partial charge < -0.3 is 9.47 Å². The lowest BCUT2D eigenvalue weighted by atomic mass is 9.95. The van der Waals surface area contributed by atoms with Gasteiger partial charge in [0.1, 0.15) is 6.61 Å². The van der Waals surface area contributed by atoms with E-state index in [9.17, 15) is 19.7 Å². The van der Waals surface area contributed by atoms with Gasteiger partial charge >= 0.3 is 11.7 Å². The van der Waals surface area contributed by atoms with Gasteiger partial charge in [-0.05, 0) is 45.6 Å². The molecule has 4 rings (SSSR count). The first-order valence-corrected chi connectivity index (χ1v) is 12.8. The number of methoxy groups -OCH3 is 1. The minimum atomic E-state index is -0.724. The van der Waals surface area contributed by atoms with E-state index in [0.717, 1.165) is 16.9 Å². The van der Waals surface area contributed by atoms with Crippen molar-refractivity contribution in [2.75, 3.05) is 13.7 Å². The highest BCUT2D eigenvalue weighted by molar-refractivity contribution is 9.10. The third-order valence-electron chi connectivity index (χ3n) is 5.65. The summed E-state index contributed by atoms with van der Waals surface area (Å²) in [6.07, 6.45) is 3.51. The maximum atomic E-state index is 13.7. The number of carbonyl (C=O) groups excluding carboxylic acids is 1. The van der Waals surface area contributed by atoms with E-state index in [1.54, 1.807) is 12.1 Å². The van der Waals surface area contributed by atoms with Crippen molar-refractivity contribution in [1.29, 1.82) is 0 Å². The highest BCUT2D eigenvalue weighted by Gasteiger charge is 2.33. The third-order valence-corrected chi connectivity index (χ3v) is 7.22. The molecular weight excluding hydrogens is 562 g/mol. The molecule has 1 aliphatic rings. The Labute approximate surface area is 224 Å². The van der Waals surface area contributed by atoms with E-state index in [1.807, 2.05) is 37.3 Å². The van der Waals surface area contributed by atoms with Crippen molar-refractivity contribution in [3.05, 3.63) is 112 Å². The van der Waals surface area contributed by atoms with Crippen LogP contribution < -0.4 is 19.6 Å². The number of esters is 1. The number of allylic oxidation sites excluding steroid dienone is 1. The van der Waals surface area contributed by atoms with Gasteiger partial charge in [0, 0.05) is 6.07 Å². The number of halogens is 1. The summed E-state index contributed by atoms with van der Waals surface area (Å²) in [6, 6.07) is 11.4. The van der Waals surface area contributed by atoms with Gasteiger partial charge in [0.2, 0.25) is 5.75 Å². The second-order valence-electron chi connectivity index (χ2n) is 7.91. The second kappa shape index (κ2) is 11.1. The Morgan fingerprint density at radius 3 is 2.68 bits per heavy atom. The van der Waals surface area contributed by atoms with E-state index in [4.69, 9.17) is 9.47 Å². The van der Waals surface area contributed by atoms with E-state index in [1.165, 1.54) is 23.8 Å². The van der Waals surface area contributed by atoms with Gasteiger partial charge in [-0.2, -0.15) is 0 Å². The molecule has 0 radical (unpaired) electrons. The summed E-state index contributed by atoms with van der Waals surface area (Å²) in [7, 11) is 1.29. The van der Waals surface area contributed by atoms with Gasteiger partial charge in [0.25, 0.3) is 5.56 Å². The summed E-state index contributed by atoms with van der Waals surface area (Å²) < 4.78 is 12.7. The number of fused-ring (bicyclic) bond motifs is 1. The number of hydrogen-bond donors (Lipinski definition) is 0. The average Bonchev–Trinajstić information content (AvgIpc) is 3.20. The number of carbonyl (C=O) groups is 1. The molecule has 3 aromatic rings. The number of nitrogens with zero attached hydrogens (tertiary/aromatic N) is 3. The first kappa shape index (κ1) is 26.2. The second-order valence-corrected chi connectivity index (χ2v) is 9.77. The van der Waals surface area contributed by atoms with Crippen LogP contribution in [0.5, 0.6) is 5.75 Å². The van der Waals surface area contributed by atoms with Crippen LogP contribution in [0.1, 0.15) is 30.5 Å². The predicted octanol–water partition coefficient (Wildman–Crippen LogP) is 4.03. The smallest absolute Gasteiger partial charge is 0.338 e. The molecule has 0 amide bonds. The van der Waals surface area contributed by atoms with E-state index in [0.29, 0.717) is 37.1 Å². The van der Waals surface area contributed by atoms with Crippen molar-refractivity contribution in [2.45, 2.75) is 19.4 Å². The molecule has 2 heterocycles. The lowest BCUT2D eigenvalue weighted by Crippen LogP contribution is -2.40. The molecule has 0 bridgehead atoms. The zero-order valence-electron chi connectivity index (χ0n) is 20.0. The normalized spacial score (nSPS) is 15.1. The Morgan fingerprint density at radius 2 is 2.05 bits per heavy atom. The van der Waals surface area contributed by atoms with Gasteiger partial charge in [-0.25, -0.2) is 9.79 Å². The standard InChI is InChI=1S/C26H22BrN3O6S/c1-4-11-36-23-17(27)12-15(13-19(23)30(33)34)14-20-24(31)29-22(16-9-7-6-8-10-16)21(25(32)35-3)18(5-2)28-26(29)37-20/h4,6-10,12-14,22H,1,5,11H2,2-3H3/b20-14+/t22-/m0/s1. The number of aromatic nitrogens is 1. The van der Waals surface area contributed by atoms with Crippen molar-refractivity contribution in [1.82, 2.24) is 4.57 Å². The molecule has 1 aliphatic heterocycles. The van der Waals surface area contributed by atoms with Crippen molar-refractivity contribution >= 4 is 45.0 Å². The van der Waals surface area contributed by atoms with Crippen LogP contribution in [0.4, 0.5) is 5.69 Å². The lowest BCUT2D eigenvalue weighted by Gasteiger charge is -2.25. The molecule has 0 N–H and O–H groups in total. The number of nitro benzene ring substituents is 1. The van der Waals surface area contributed by atoms with Gasteiger partial charge in [0.15, 0.2) is 4.80 Å². The number of ether oxygens (including phenoxy) is 2. The Balaban J connectivity index is 1.95. The fourth-order valence-corrected chi connectivity index (χ4v) is 5.67. The van der Waals surface area contributed by atoms with Crippen molar-refractivity contribution < 1.29 is 19.2 Å². The largest absolute Gasteiger partial charge is 0.482 e. The molecule has 0 aliphatic carbocycles. The summed E-state index contributed by atoms with van der Waals surface area (Å²) in [4.78, 5) is 42.7. The third kappa shape index (κ3) is 5.05. The lowest BCUT2D eigenvalue weighted by molar-refractivity contribution is -0.385. The maximum Gasteiger partial charge on any atom is 0.338 e. The molecule has 9 nitrogen and oxygen atoms in total. The van der Waals surface area contributed by atoms with E-state index in [-0.39, 0.29) is 23.6 Å². The molecule has 1 aromatic heterocycles. The summed E-state index contributed by atoms with van der Waals surface area (Å²) in [5, 5.41) is 11.7. The highest BCUT2D eigenvalue weighted by Crippen LogP contribution is 2.37. The number of hydrogen-bond acceptors (Lipinski definition) is 8. The van der Waals surface area contributed by atoms with Crippen molar-refractivity contribution in [3.8, 4) is 5.75 Å². The van der Waals surface area contributed by atoms with E-state index in [2.05, 4.69) is 27.5 Å². The first-order valence-electron chi connectivity index (χ1n) is 11.2. The van der Waals surface area contributed by atoms with Crippen LogP contribution in [-0.4, -0.2) is 29.2 Å². The van der Waals surface area contributed by atoms with Crippen molar-refractivity contribution in [2.24, 2.45) is 4.99 Å². The first-order chi connectivity index (χ1) is 17.8. The van der Waals surface area contributed by atoms with Gasteiger partial charge in [-0.1, -0.05) is 61.2 Å². The molecule has 0 spiro atoms. The highest BCUT2D eigenvalue weighted by atomic mass is 79.9. The van der Waals surface area contributed by atoms with Crippen LogP contribution in [0, 0.1) is 10.1 Å². The monoisotopic (exact) mass is 583 g/mol. The SMILES string of the molecule is C=CCOc1c(Br)cc(/C=c2/sc3n(c2=O)[C@@H](c2ccccc2)C(C(=O)OC)=C(CC)N=3)cc1[N+](=O)[O-]. The fraction of sp³-hybridized carbons (Fsp3) is 0.192. The Hall–Kier alpha value is -3.83. The van der Waals surface area contributed by atoms with Crippen LogP contribution >= 0.6 is 27.3 Å². The minimum absolute atomic E-state index is 0.0721. The van der Waals surface area contributed by atoms with Crippen LogP contribution in [0.15, 0.2) is 80.6 Å². The molecule has 0 unspecified atom stereocenters. The van der Waals surface area contributed by atoms with Crippen LogP contribution in [-0.2, 0) is 9.53 Å². The summed E-state index contributed by atoms with van der Waals surface area (Å²) >= 11 is 4.48. The van der Waals surface area contributed by atoms with Crippen LogP contribution in [0.25, 0.3) is 6.08 Å². The number of nitro groups is 1. The summed E-state index contributed by atoms with van der Waals surface area (Å²) in [5.74, 6) is -0.485. The molecule has 0 saturated carbocycles. The predicted molar refractivity (Wildman–Crippen MR) is 143 cm³/mol. The van der Waals surface area contributed by atoms with Gasteiger partial charge in [-0.3, -0.25) is 19.5 Å². The minimum Gasteiger partial charge on any atom is -0.482 e. The zero-order chi connectivity index (χ0) is 26.7. The molecule has 0 saturated heterocycles. The van der Waals surface area contributed by atoms with Crippen LogP contribution in [0.3, 0.4) is 0 Å². The molecule has 0 fully saturated rings. The topological polar surface area (TPSA) is 113 Å². The number of rotatable bonds is 8. The molecule has 2 aromatic carbocycles. The Bertz CT molecular complexity index is 1610. The molecule has 37 heavy (non-hydrogen) atoms. The van der Waals surface area contributed by atoms with Crippen LogP contribution in [0.2, 0.25) is 0 Å². The van der Waals surface area contributed by atoms with E-state index < -0.39 is 16.9 Å². The molecule has 190 valence electrons. The van der Waals surface area contributed by atoms with Crippen molar-refractivity contribution in [3.63, 3.8) is 0 Å². The summed E-state index contributed by atoms with van der Waals surface area (Å²) in [6.45, 7) is 5.54. The molecular formula is C26H22BrN3O6S. The maximum absolute atomic E-state index is 13.7. The van der Waals surface area contributed by atoms with Gasteiger partial charge in [0.05, 0.1) is 38.4 Å². The fourth-order valence-electron chi connectivity index (χ4n) is 4.07. The number of benzene rings is 2. The summed E-state index contributed by atoms with van der Waals surface area (Å²) in [5.41, 5.74) is 1.37. The molecule has 1 atom stereocenters. The van der Waals surface area contributed by atoms with E-state index >= 15 is 0 Å².